The summed E-state index contributed by atoms with van der Waals surface area (Å²) >= 11 is 1.68. The molecule has 102 valence electrons. The average Bonchev–Trinajstić information content (AvgIpc) is 2.71. The Bertz CT molecular complexity index is 578. The van der Waals surface area contributed by atoms with Crippen LogP contribution in [0.1, 0.15) is 36.0 Å². The Hall–Kier alpha value is -1.26. The highest BCUT2D eigenvalue weighted by molar-refractivity contribution is 7.15. The van der Waals surface area contributed by atoms with Crippen molar-refractivity contribution < 1.29 is 4.39 Å². The largest absolute Gasteiger partial charge is 0.310 e. The smallest absolute Gasteiger partial charge is 0.124 e. The molecule has 0 aliphatic rings. The van der Waals surface area contributed by atoms with E-state index in [9.17, 15) is 4.39 Å². The lowest BCUT2D eigenvalue weighted by Crippen LogP contribution is -2.17. The van der Waals surface area contributed by atoms with Crippen LogP contribution in [0.2, 0.25) is 0 Å². The van der Waals surface area contributed by atoms with E-state index in [1.54, 1.807) is 17.4 Å². The van der Waals surface area contributed by atoms with Gasteiger partial charge in [0.1, 0.15) is 10.8 Å². The summed E-state index contributed by atoms with van der Waals surface area (Å²) in [6.45, 7) is 9.12. The molecular formula is C15H19FN2S. The normalized spacial score (nSPS) is 12.7. The monoisotopic (exact) mass is 278 g/mol. The lowest BCUT2D eigenvalue weighted by atomic mass is 10.1. The van der Waals surface area contributed by atoms with Crippen molar-refractivity contribution in [2.45, 2.75) is 33.7 Å². The lowest BCUT2D eigenvalue weighted by Gasteiger charge is -2.10. The summed E-state index contributed by atoms with van der Waals surface area (Å²) < 4.78 is 13.1. The summed E-state index contributed by atoms with van der Waals surface area (Å²) in [4.78, 5) is 5.88. The quantitative estimate of drug-likeness (QED) is 0.905. The molecule has 19 heavy (non-hydrogen) atoms. The summed E-state index contributed by atoms with van der Waals surface area (Å²) in [5, 5.41) is 4.37. The number of benzene rings is 1. The zero-order valence-electron chi connectivity index (χ0n) is 11.7. The fraction of sp³-hybridized carbons (Fsp3) is 0.400. The number of aryl methyl sites for hydroxylation is 2. The van der Waals surface area contributed by atoms with Gasteiger partial charge >= 0.3 is 0 Å². The van der Waals surface area contributed by atoms with Crippen LogP contribution in [-0.2, 0) is 0 Å². The van der Waals surface area contributed by atoms with Gasteiger partial charge in [-0.25, -0.2) is 9.37 Å². The molecule has 1 aromatic carbocycles. The second-order valence-corrected chi connectivity index (χ2v) is 5.74. The third-order valence-corrected chi connectivity index (χ3v) is 4.53. The van der Waals surface area contributed by atoms with Crippen LogP contribution in [0.3, 0.4) is 0 Å². The zero-order chi connectivity index (χ0) is 14.0. The summed E-state index contributed by atoms with van der Waals surface area (Å²) in [5.41, 5.74) is 3.00. The molecule has 0 amide bonds. The molecule has 1 heterocycles. The predicted octanol–water partition coefficient (Wildman–Crippen LogP) is 4.24. The lowest BCUT2D eigenvalue weighted by molar-refractivity contribution is 0.603. The van der Waals surface area contributed by atoms with E-state index in [2.05, 4.69) is 24.1 Å². The highest BCUT2D eigenvalue weighted by Crippen LogP contribution is 2.33. The van der Waals surface area contributed by atoms with E-state index in [0.717, 1.165) is 28.4 Å². The molecule has 0 radical (unpaired) electrons. The first-order chi connectivity index (χ1) is 9.02. The number of thiazole rings is 1. The molecule has 0 bridgehead atoms. The van der Waals surface area contributed by atoms with E-state index in [1.165, 1.54) is 10.9 Å². The van der Waals surface area contributed by atoms with Crippen molar-refractivity contribution in [1.82, 2.24) is 10.3 Å². The van der Waals surface area contributed by atoms with Gasteiger partial charge < -0.3 is 5.32 Å². The highest BCUT2D eigenvalue weighted by Gasteiger charge is 2.15. The van der Waals surface area contributed by atoms with Crippen LogP contribution in [0.4, 0.5) is 4.39 Å². The standard InChI is InChI=1S/C15H19FN2S/c1-5-17-10(3)14-11(4)18-15(19-14)13-7-6-12(16)8-9(13)2/h6-8,10,17H,5H2,1-4H3. The van der Waals surface area contributed by atoms with E-state index in [1.807, 2.05) is 19.9 Å². The van der Waals surface area contributed by atoms with Gasteiger partial charge in [-0.15, -0.1) is 11.3 Å². The van der Waals surface area contributed by atoms with Gasteiger partial charge in [0.25, 0.3) is 0 Å². The SMILES string of the molecule is CCNC(C)c1sc(-c2ccc(F)cc2C)nc1C. The Morgan fingerprint density at radius 1 is 1.37 bits per heavy atom. The van der Waals surface area contributed by atoms with Gasteiger partial charge in [-0.05, 0) is 51.1 Å². The molecule has 1 aromatic heterocycles. The maximum absolute atomic E-state index is 13.1. The molecule has 1 unspecified atom stereocenters. The van der Waals surface area contributed by atoms with Gasteiger partial charge in [0.2, 0.25) is 0 Å². The minimum atomic E-state index is -0.198. The predicted molar refractivity (Wildman–Crippen MR) is 79.1 cm³/mol. The first kappa shape index (κ1) is 14.2. The van der Waals surface area contributed by atoms with Crippen molar-refractivity contribution in [1.29, 1.82) is 0 Å². The minimum Gasteiger partial charge on any atom is -0.310 e. The Kier molecular flexibility index (Phi) is 4.32. The summed E-state index contributed by atoms with van der Waals surface area (Å²) in [7, 11) is 0. The molecule has 0 spiro atoms. The number of halogens is 1. The molecule has 0 aliphatic carbocycles. The van der Waals surface area contributed by atoms with E-state index in [-0.39, 0.29) is 5.82 Å². The first-order valence-electron chi connectivity index (χ1n) is 6.50. The maximum atomic E-state index is 13.1. The Labute approximate surface area is 117 Å². The van der Waals surface area contributed by atoms with Gasteiger partial charge in [0, 0.05) is 16.5 Å². The van der Waals surface area contributed by atoms with Crippen molar-refractivity contribution >= 4 is 11.3 Å². The molecule has 2 aromatic rings. The summed E-state index contributed by atoms with van der Waals surface area (Å²) in [6, 6.07) is 5.16. The number of nitrogens with one attached hydrogen (secondary N) is 1. The van der Waals surface area contributed by atoms with Crippen molar-refractivity contribution in [2.24, 2.45) is 0 Å². The van der Waals surface area contributed by atoms with Crippen molar-refractivity contribution in [2.75, 3.05) is 6.54 Å². The fourth-order valence-corrected chi connectivity index (χ4v) is 3.37. The van der Waals surface area contributed by atoms with Crippen LogP contribution >= 0.6 is 11.3 Å². The molecule has 0 saturated heterocycles. The number of rotatable bonds is 4. The van der Waals surface area contributed by atoms with Crippen LogP contribution in [0, 0.1) is 19.7 Å². The molecule has 0 saturated carbocycles. The van der Waals surface area contributed by atoms with Gasteiger partial charge in [-0.3, -0.25) is 0 Å². The second-order valence-electron chi connectivity index (χ2n) is 4.71. The van der Waals surface area contributed by atoms with E-state index >= 15 is 0 Å². The van der Waals surface area contributed by atoms with Crippen LogP contribution in [0.5, 0.6) is 0 Å². The van der Waals surface area contributed by atoms with Crippen LogP contribution in [0.25, 0.3) is 10.6 Å². The third kappa shape index (κ3) is 3.01. The van der Waals surface area contributed by atoms with Crippen LogP contribution < -0.4 is 5.32 Å². The van der Waals surface area contributed by atoms with Gasteiger partial charge in [-0.2, -0.15) is 0 Å². The van der Waals surface area contributed by atoms with E-state index in [0.29, 0.717) is 6.04 Å². The minimum absolute atomic E-state index is 0.198. The van der Waals surface area contributed by atoms with Gasteiger partial charge in [0.05, 0.1) is 5.69 Å². The van der Waals surface area contributed by atoms with Gasteiger partial charge in [0.15, 0.2) is 0 Å². The van der Waals surface area contributed by atoms with Crippen LogP contribution in [-0.4, -0.2) is 11.5 Å². The van der Waals surface area contributed by atoms with E-state index < -0.39 is 0 Å². The van der Waals surface area contributed by atoms with E-state index in [4.69, 9.17) is 0 Å². The van der Waals surface area contributed by atoms with Crippen LogP contribution in [0.15, 0.2) is 18.2 Å². The number of aromatic nitrogens is 1. The summed E-state index contributed by atoms with van der Waals surface area (Å²) in [5.74, 6) is -0.198. The first-order valence-corrected chi connectivity index (χ1v) is 7.31. The zero-order valence-corrected chi connectivity index (χ0v) is 12.6. The topological polar surface area (TPSA) is 24.9 Å². The molecule has 1 atom stereocenters. The molecule has 0 fully saturated rings. The third-order valence-electron chi connectivity index (χ3n) is 3.15. The van der Waals surface area contributed by atoms with Crippen molar-refractivity contribution in [3.05, 3.63) is 40.2 Å². The molecule has 4 heteroatoms. The number of hydrogen-bond acceptors (Lipinski definition) is 3. The summed E-state index contributed by atoms with van der Waals surface area (Å²) in [6.07, 6.45) is 0. The Balaban J connectivity index is 2.39. The maximum Gasteiger partial charge on any atom is 0.124 e. The Morgan fingerprint density at radius 2 is 2.11 bits per heavy atom. The van der Waals surface area contributed by atoms with Crippen molar-refractivity contribution in [3.8, 4) is 10.6 Å². The van der Waals surface area contributed by atoms with Crippen molar-refractivity contribution in [3.63, 3.8) is 0 Å². The Morgan fingerprint density at radius 3 is 2.74 bits per heavy atom. The molecule has 0 aliphatic heterocycles. The number of hydrogen-bond donors (Lipinski definition) is 1. The fourth-order valence-electron chi connectivity index (χ4n) is 2.19. The second kappa shape index (κ2) is 5.80. The highest BCUT2D eigenvalue weighted by atomic mass is 32.1. The molecule has 2 rings (SSSR count). The molecule has 1 N–H and O–H groups in total. The molecule has 2 nitrogen and oxygen atoms in total. The average molecular weight is 278 g/mol. The van der Waals surface area contributed by atoms with Gasteiger partial charge in [-0.1, -0.05) is 6.92 Å². The number of nitrogens with zero attached hydrogens (tertiary/aromatic N) is 1. The molecular weight excluding hydrogens is 259 g/mol.